The number of aliphatic hydroxyl groups is 5. The normalized spacial score (nSPS) is 28.1. The highest BCUT2D eigenvalue weighted by Gasteiger charge is 2.55. The van der Waals surface area contributed by atoms with Crippen LogP contribution in [0, 0.1) is 5.92 Å². The molecule has 0 heterocycles. The molecular weight excluding hydrogens is 252 g/mol. The van der Waals surface area contributed by atoms with E-state index < -0.39 is 29.4 Å². The zero-order valence-electron chi connectivity index (χ0n) is 9.84. The van der Waals surface area contributed by atoms with Crippen molar-refractivity contribution in [2.45, 2.75) is 17.7 Å². The van der Waals surface area contributed by atoms with E-state index in [1.807, 2.05) is 0 Å². The van der Waals surface area contributed by atoms with Crippen molar-refractivity contribution in [3.8, 4) is 0 Å². The zero-order chi connectivity index (χ0) is 14.3. The summed E-state index contributed by atoms with van der Waals surface area (Å²) in [5.41, 5.74) is 0.222. The summed E-state index contributed by atoms with van der Waals surface area (Å²) in [6, 6.07) is 7.88. The Hall–Kier alpha value is -1.57. The van der Waals surface area contributed by atoms with Crippen LogP contribution >= 0.6 is 0 Å². The molecule has 0 bridgehead atoms. The third-order valence-electron chi connectivity index (χ3n) is 3.14. The largest absolute Gasteiger partial charge is 0.382 e. The van der Waals surface area contributed by atoms with Crippen molar-refractivity contribution in [1.82, 2.24) is 0 Å². The lowest BCUT2D eigenvalue weighted by atomic mass is 9.79. The summed E-state index contributed by atoms with van der Waals surface area (Å²) in [5.74, 6) is -7.89. The second-order valence-corrected chi connectivity index (χ2v) is 4.54. The lowest BCUT2D eigenvalue weighted by Gasteiger charge is -2.41. The van der Waals surface area contributed by atoms with Gasteiger partial charge in [-0.2, -0.15) is 0 Å². The third-order valence-corrected chi connectivity index (χ3v) is 3.14. The fourth-order valence-electron chi connectivity index (χ4n) is 2.02. The van der Waals surface area contributed by atoms with Gasteiger partial charge in [-0.15, -0.1) is 0 Å². The number of aliphatic hydroxyl groups excluding tert-OH is 1. The zero-order valence-corrected chi connectivity index (χ0v) is 9.84. The molecule has 6 nitrogen and oxygen atoms in total. The maximum atomic E-state index is 12.1. The first-order valence-electron chi connectivity index (χ1n) is 5.63. The Morgan fingerprint density at radius 2 is 1.63 bits per heavy atom. The highest BCUT2D eigenvalue weighted by Crippen LogP contribution is 2.34. The lowest BCUT2D eigenvalue weighted by molar-refractivity contribution is -0.320. The van der Waals surface area contributed by atoms with Gasteiger partial charge in [-0.05, 0) is 6.08 Å². The van der Waals surface area contributed by atoms with Crippen LogP contribution in [0.3, 0.4) is 0 Å². The van der Waals surface area contributed by atoms with E-state index in [9.17, 15) is 30.3 Å². The fourth-order valence-corrected chi connectivity index (χ4v) is 2.02. The Labute approximate surface area is 108 Å². The lowest BCUT2D eigenvalue weighted by Crippen LogP contribution is -2.63. The first-order chi connectivity index (χ1) is 8.77. The van der Waals surface area contributed by atoms with Crippen LogP contribution in [0.15, 0.2) is 42.5 Å². The number of carbonyl (C=O) groups excluding carboxylic acids is 1. The second-order valence-electron chi connectivity index (χ2n) is 4.54. The molecule has 0 radical (unpaired) electrons. The molecule has 1 aliphatic carbocycles. The van der Waals surface area contributed by atoms with Gasteiger partial charge in [-0.25, -0.2) is 0 Å². The maximum Gasteiger partial charge on any atom is 0.215 e. The molecule has 0 saturated heterocycles. The van der Waals surface area contributed by atoms with Gasteiger partial charge in [0, 0.05) is 5.56 Å². The van der Waals surface area contributed by atoms with E-state index in [1.54, 1.807) is 18.2 Å². The summed E-state index contributed by atoms with van der Waals surface area (Å²) < 4.78 is 0. The van der Waals surface area contributed by atoms with Crippen molar-refractivity contribution in [3.63, 3.8) is 0 Å². The summed E-state index contributed by atoms with van der Waals surface area (Å²) in [6.45, 7) is 0. The van der Waals surface area contributed by atoms with Gasteiger partial charge < -0.3 is 25.5 Å². The van der Waals surface area contributed by atoms with Crippen LogP contribution in [0.2, 0.25) is 0 Å². The Kier molecular flexibility index (Phi) is 3.29. The van der Waals surface area contributed by atoms with Crippen molar-refractivity contribution < 1.29 is 30.3 Å². The van der Waals surface area contributed by atoms with Crippen molar-refractivity contribution in [3.05, 3.63) is 48.0 Å². The molecule has 0 fully saturated rings. The Balaban J connectivity index is 2.38. The number of hydrogen-bond acceptors (Lipinski definition) is 6. The molecule has 5 N–H and O–H groups in total. The van der Waals surface area contributed by atoms with Crippen molar-refractivity contribution in [1.29, 1.82) is 0 Å². The van der Waals surface area contributed by atoms with Gasteiger partial charge in [0.2, 0.25) is 11.6 Å². The second kappa shape index (κ2) is 4.52. The average molecular weight is 266 g/mol. The highest BCUT2D eigenvalue weighted by atomic mass is 16.6. The minimum atomic E-state index is -2.97. The van der Waals surface area contributed by atoms with E-state index >= 15 is 0 Å². The van der Waals surface area contributed by atoms with Crippen molar-refractivity contribution in [2.75, 3.05) is 0 Å². The summed E-state index contributed by atoms with van der Waals surface area (Å²) in [6.07, 6.45) is -0.599. The predicted molar refractivity (Wildman–Crippen MR) is 63.7 cm³/mol. The summed E-state index contributed by atoms with van der Waals surface area (Å²) in [5, 5.41) is 47.8. The molecule has 102 valence electrons. The standard InChI is InChI=1S/C13H14O6/c14-10(8-4-2-1-3-5-8)9-6-7-12(16,17)11(15)13(9,18)19/h1-7,9,11,15-19H. The first kappa shape index (κ1) is 13.9. The van der Waals surface area contributed by atoms with E-state index in [1.165, 1.54) is 12.1 Å². The average Bonchev–Trinajstić information content (AvgIpc) is 2.37. The fraction of sp³-hybridized carbons (Fsp3) is 0.308. The molecule has 2 unspecified atom stereocenters. The Morgan fingerprint density at radius 3 is 2.21 bits per heavy atom. The minimum absolute atomic E-state index is 0.222. The van der Waals surface area contributed by atoms with Crippen LogP contribution in [0.4, 0.5) is 0 Å². The molecule has 2 rings (SSSR count). The minimum Gasteiger partial charge on any atom is -0.382 e. The molecule has 1 aromatic carbocycles. The van der Waals surface area contributed by atoms with Gasteiger partial charge in [0.05, 0.1) is 5.92 Å². The van der Waals surface area contributed by atoms with Gasteiger partial charge in [0.1, 0.15) is 0 Å². The number of Topliss-reactive ketones (excluding diaryl/α,β-unsaturated/α-hetero) is 1. The molecule has 1 aromatic rings. The first-order valence-corrected chi connectivity index (χ1v) is 5.63. The van der Waals surface area contributed by atoms with Crippen molar-refractivity contribution >= 4 is 5.78 Å². The molecule has 0 amide bonds. The highest BCUT2D eigenvalue weighted by molar-refractivity contribution is 5.99. The number of hydrogen-bond donors (Lipinski definition) is 5. The van der Waals surface area contributed by atoms with E-state index in [2.05, 4.69) is 0 Å². The number of ketones is 1. The summed E-state index contributed by atoms with van der Waals surface area (Å²) in [7, 11) is 0. The van der Waals surface area contributed by atoms with Crippen LogP contribution in [-0.2, 0) is 0 Å². The smallest absolute Gasteiger partial charge is 0.215 e. The number of rotatable bonds is 2. The molecule has 6 heteroatoms. The van der Waals surface area contributed by atoms with Crippen LogP contribution in [0.25, 0.3) is 0 Å². The quantitative estimate of drug-likeness (QED) is 0.260. The monoisotopic (exact) mass is 266 g/mol. The van der Waals surface area contributed by atoms with E-state index in [-0.39, 0.29) is 5.56 Å². The maximum absolute atomic E-state index is 12.1. The molecule has 0 aliphatic heterocycles. The molecule has 1 aliphatic rings. The van der Waals surface area contributed by atoms with Gasteiger partial charge in [-0.3, -0.25) is 4.79 Å². The van der Waals surface area contributed by atoms with Gasteiger partial charge >= 0.3 is 0 Å². The molecule has 19 heavy (non-hydrogen) atoms. The van der Waals surface area contributed by atoms with Crippen LogP contribution in [0.5, 0.6) is 0 Å². The number of benzene rings is 1. The Bertz CT molecular complexity index is 505. The van der Waals surface area contributed by atoms with Crippen LogP contribution in [-0.4, -0.2) is 49.0 Å². The van der Waals surface area contributed by atoms with Gasteiger partial charge in [0.15, 0.2) is 11.9 Å². The third kappa shape index (κ3) is 2.32. The van der Waals surface area contributed by atoms with E-state index in [0.717, 1.165) is 12.2 Å². The van der Waals surface area contributed by atoms with Gasteiger partial charge in [0.25, 0.3) is 0 Å². The van der Waals surface area contributed by atoms with Gasteiger partial charge in [-0.1, -0.05) is 36.4 Å². The number of carbonyl (C=O) groups is 1. The van der Waals surface area contributed by atoms with E-state index in [0.29, 0.717) is 0 Å². The topological polar surface area (TPSA) is 118 Å². The SMILES string of the molecule is O=C(c1ccccc1)C1C=CC(O)(O)C(O)C1(O)O. The molecule has 0 aromatic heterocycles. The van der Waals surface area contributed by atoms with Crippen LogP contribution < -0.4 is 0 Å². The van der Waals surface area contributed by atoms with Crippen molar-refractivity contribution in [2.24, 2.45) is 5.92 Å². The van der Waals surface area contributed by atoms with E-state index in [4.69, 9.17) is 0 Å². The predicted octanol–water partition coefficient (Wildman–Crippen LogP) is -1.22. The summed E-state index contributed by atoms with van der Waals surface area (Å²) in [4.78, 5) is 12.1. The summed E-state index contributed by atoms with van der Waals surface area (Å²) >= 11 is 0. The molecule has 0 spiro atoms. The molecule has 0 saturated carbocycles. The molecular formula is C13H14O6. The Morgan fingerprint density at radius 1 is 1.05 bits per heavy atom. The molecule has 2 atom stereocenters. The van der Waals surface area contributed by atoms with Crippen LogP contribution in [0.1, 0.15) is 10.4 Å².